The molecule has 2 saturated heterocycles. The van der Waals surface area contributed by atoms with E-state index in [0.717, 1.165) is 29.3 Å². The Morgan fingerprint density at radius 3 is 2.61 bits per heavy atom. The van der Waals surface area contributed by atoms with Gasteiger partial charge in [-0.15, -0.1) is 11.8 Å². The molecular formula is C27H32N8O9S2. The fourth-order valence-electron chi connectivity index (χ4n) is 5.74. The Labute approximate surface area is 269 Å². The van der Waals surface area contributed by atoms with Crippen LogP contribution in [0.4, 0.5) is 5.13 Å². The number of nitrogens with zero attached hydrogens (tertiary/aromatic N) is 5. The molecule has 0 aromatic carbocycles. The third-order valence-electron chi connectivity index (χ3n) is 8.36. The smallest absolute Gasteiger partial charge is 0.350 e. The number of nitrogens with one attached hydrogen (secondary N) is 2. The minimum absolute atomic E-state index is 0.0000540. The minimum atomic E-state index is -1.82. The number of nitrogen functional groups attached to an aromatic ring is 1. The van der Waals surface area contributed by atoms with Crippen LogP contribution in [-0.4, -0.2) is 105 Å². The van der Waals surface area contributed by atoms with Crippen molar-refractivity contribution >= 4 is 57.9 Å². The lowest BCUT2D eigenvalue weighted by Gasteiger charge is -2.57. The molecule has 0 saturated carbocycles. The van der Waals surface area contributed by atoms with E-state index in [0.29, 0.717) is 37.4 Å². The van der Waals surface area contributed by atoms with Gasteiger partial charge >= 0.3 is 5.97 Å². The molecule has 17 nitrogen and oxygen atoms in total. The highest BCUT2D eigenvalue weighted by Crippen LogP contribution is 2.48. The highest BCUT2D eigenvalue weighted by molar-refractivity contribution is 8.00. The fraction of sp³-hybridized carbons (Fsp3) is 0.481. The molecule has 5 rings (SSSR count). The number of carbonyl (C=O) groups excluding carboxylic acids is 3. The summed E-state index contributed by atoms with van der Waals surface area (Å²) in [6.07, 6.45) is 3.24. The summed E-state index contributed by atoms with van der Waals surface area (Å²) in [5, 5.41) is 37.1. The van der Waals surface area contributed by atoms with Crippen LogP contribution >= 0.6 is 23.3 Å². The molecule has 6 N–H and O–H groups in total. The maximum absolute atomic E-state index is 13.8. The van der Waals surface area contributed by atoms with Crippen molar-refractivity contribution in [1.29, 1.82) is 0 Å². The molecule has 0 spiro atoms. The average molecular weight is 677 g/mol. The van der Waals surface area contributed by atoms with Gasteiger partial charge in [-0.25, -0.2) is 4.79 Å². The number of amides is 2. The number of β-lactam (4-membered cyclic amide) rings is 1. The lowest BCUT2D eigenvalue weighted by Crippen LogP contribution is -2.79. The molecule has 0 radical (unpaired) electrons. The SMILES string of the molecule is CC(C)(ON=C(C(=O)N[C@]1(C)C(=O)N2C(C(=O)[O-])=C([N+]3(CCc4cc(=O)c(O)c[nH]4)CCCC3)CS[C@H]21)c1nsc(N)n1)C(=O)O. The molecular weight excluding hydrogens is 644 g/mol. The lowest BCUT2D eigenvalue weighted by atomic mass is 9.88. The zero-order valence-electron chi connectivity index (χ0n) is 25.1. The molecule has 0 unspecified atom stereocenters. The molecule has 0 bridgehead atoms. The van der Waals surface area contributed by atoms with Crippen molar-refractivity contribution in [2.75, 3.05) is 31.1 Å². The average Bonchev–Trinajstić information content (AvgIpc) is 3.66. The van der Waals surface area contributed by atoms with Gasteiger partial charge in [0.2, 0.25) is 22.6 Å². The first-order valence-corrected chi connectivity index (χ1v) is 16.0. The summed E-state index contributed by atoms with van der Waals surface area (Å²) in [6, 6.07) is 1.30. The van der Waals surface area contributed by atoms with Gasteiger partial charge in [-0.1, -0.05) is 5.16 Å². The number of aromatic amines is 1. The molecule has 19 heteroatoms. The number of aliphatic carboxylic acids is 2. The Bertz CT molecular complexity index is 1730. The number of hydrogen-bond acceptors (Lipinski definition) is 14. The van der Waals surface area contributed by atoms with Gasteiger partial charge in [0.1, 0.15) is 22.3 Å². The Balaban J connectivity index is 1.42. The van der Waals surface area contributed by atoms with Crippen molar-refractivity contribution in [3.8, 4) is 5.75 Å². The van der Waals surface area contributed by atoms with E-state index in [2.05, 4.69) is 24.8 Å². The van der Waals surface area contributed by atoms with Crippen LogP contribution in [0, 0.1) is 0 Å². The van der Waals surface area contributed by atoms with Gasteiger partial charge in [0, 0.05) is 48.8 Å². The molecule has 5 heterocycles. The molecule has 2 amide bonds. The van der Waals surface area contributed by atoms with Gasteiger partial charge in [0.05, 0.1) is 31.4 Å². The van der Waals surface area contributed by atoms with E-state index in [4.69, 9.17) is 10.6 Å². The topological polar surface area (TPSA) is 253 Å². The predicted octanol–water partition coefficient (Wildman–Crippen LogP) is -1.30. The Hall–Kier alpha value is -4.49. The minimum Gasteiger partial charge on any atom is -0.543 e. The van der Waals surface area contributed by atoms with Crippen molar-refractivity contribution in [2.45, 2.75) is 56.5 Å². The number of quaternary nitrogens is 1. The first-order valence-electron chi connectivity index (χ1n) is 14.2. The van der Waals surface area contributed by atoms with E-state index in [1.807, 2.05) is 0 Å². The van der Waals surface area contributed by atoms with Crippen molar-refractivity contribution in [3.05, 3.63) is 45.4 Å². The van der Waals surface area contributed by atoms with Gasteiger partial charge in [-0.05, 0) is 20.8 Å². The van der Waals surface area contributed by atoms with Crippen LogP contribution < -0.4 is 21.6 Å². The number of aromatic hydroxyl groups is 1. The third-order valence-corrected chi connectivity index (χ3v) is 10.3. The highest BCUT2D eigenvalue weighted by Gasteiger charge is 2.64. The number of carboxylic acid groups (broad SMARTS) is 2. The fourth-order valence-corrected chi connectivity index (χ4v) is 7.74. The molecule has 0 aliphatic carbocycles. The van der Waals surface area contributed by atoms with Crippen LogP contribution in [-0.2, 0) is 30.4 Å². The molecule has 246 valence electrons. The molecule has 3 aliphatic heterocycles. The summed E-state index contributed by atoms with van der Waals surface area (Å²) < 4.78 is 4.24. The summed E-state index contributed by atoms with van der Waals surface area (Å²) in [5.41, 5.74) is 2.02. The number of pyridine rings is 1. The maximum atomic E-state index is 13.8. The standard InChI is InChI=1S/C27H32N8O9S2/c1-26(2,24(42)43)44-32-17(19-30-25(28)46-33-19)20(38)31-27(3)22(41)34-18(21(39)40)14(12-45-23(27)34)35(7-4-5-8-35)9-6-13-10-15(36)16(37)11-29-13/h10-11,23H,4-9,12H2,1-3H3,(H6-,28,29,30,31,32,33,36,37,38,39,40,42,43)/t23-,27+/m0/s1. The van der Waals surface area contributed by atoms with Crippen molar-refractivity contribution < 1.29 is 43.8 Å². The summed E-state index contributed by atoms with van der Waals surface area (Å²) in [7, 11) is 0. The molecule has 2 fully saturated rings. The monoisotopic (exact) mass is 676 g/mol. The highest BCUT2D eigenvalue weighted by atomic mass is 32.2. The summed E-state index contributed by atoms with van der Waals surface area (Å²) in [4.78, 5) is 76.5. The number of fused-ring (bicyclic) bond motifs is 1. The number of aromatic nitrogens is 3. The van der Waals surface area contributed by atoms with Crippen molar-refractivity contribution in [2.24, 2.45) is 5.16 Å². The van der Waals surface area contributed by atoms with Crippen molar-refractivity contribution in [3.63, 3.8) is 0 Å². The van der Waals surface area contributed by atoms with Gasteiger partial charge in [0.25, 0.3) is 11.8 Å². The first-order chi connectivity index (χ1) is 21.6. The van der Waals surface area contributed by atoms with Gasteiger partial charge in [0.15, 0.2) is 10.9 Å². The summed E-state index contributed by atoms with van der Waals surface area (Å²) in [5.74, 6) is -4.99. The quantitative estimate of drug-likeness (QED) is 0.0804. The zero-order chi connectivity index (χ0) is 33.6. The summed E-state index contributed by atoms with van der Waals surface area (Å²) in [6.45, 7) is 5.55. The van der Waals surface area contributed by atoms with Crippen LogP contribution in [0.2, 0.25) is 0 Å². The zero-order valence-corrected chi connectivity index (χ0v) is 26.7. The van der Waals surface area contributed by atoms with Gasteiger partial charge in [-0.3, -0.25) is 23.8 Å². The normalized spacial score (nSPS) is 22.7. The second kappa shape index (κ2) is 12.0. The molecule has 46 heavy (non-hydrogen) atoms. The number of nitrogens with two attached hydrogens (primary N) is 1. The van der Waals surface area contributed by atoms with Crippen LogP contribution in [0.5, 0.6) is 5.75 Å². The predicted molar refractivity (Wildman–Crippen MR) is 162 cm³/mol. The number of thioether (sulfide) groups is 1. The Kier molecular flexibility index (Phi) is 8.60. The number of anilines is 1. The van der Waals surface area contributed by atoms with E-state index in [1.165, 1.54) is 44.8 Å². The van der Waals surface area contributed by atoms with Crippen LogP contribution in [0.15, 0.2) is 33.6 Å². The number of hydrogen-bond donors (Lipinski definition) is 5. The number of carboxylic acids is 2. The third kappa shape index (κ3) is 5.80. The van der Waals surface area contributed by atoms with Crippen LogP contribution in [0.1, 0.15) is 45.1 Å². The number of oxime groups is 1. The van der Waals surface area contributed by atoms with Crippen LogP contribution in [0.3, 0.4) is 0 Å². The molecule has 3 aliphatic rings. The largest absolute Gasteiger partial charge is 0.543 e. The van der Waals surface area contributed by atoms with Gasteiger partial charge < -0.3 is 41.0 Å². The maximum Gasteiger partial charge on any atom is 0.350 e. The molecule has 2 aromatic rings. The van der Waals surface area contributed by atoms with E-state index in [-0.39, 0.29) is 26.9 Å². The van der Waals surface area contributed by atoms with Crippen molar-refractivity contribution in [1.82, 2.24) is 24.6 Å². The van der Waals surface area contributed by atoms with Gasteiger partial charge in [-0.2, -0.15) is 9.36 Å². The Morgan fingerprint density at radius 2 is 2.02 bits per heavy atom. The second-order valence-electron chi connectivity index (χ2n) is 11.9. The van der Waals surface area contributed by atoms with E-state index >= 15 is 0 Å². The summed E-state index contributed by atoms with van der Waals surface area (Å²) >= 11 is 2.04. The van der Waals surface area contributed by atoms with Crippen LogP contribution in [0.25, 0.3) is 0 Å². The first kappa shape index (κ1) is 32.9. The van der Waals surface area contributed by atoms with E-state index in [1.54, 1.807) is 0 Å². The number of rotatable bonds is 11. The van der Waals surface area contributed by atoms with E-state index in [9.17, 15) is 39.3 Å². The second-order valence-corrected chi connectivity index (χ2v) is 13.7. The Morgan fingerprint density at radius 1 is 1.33 bits per heavy atom. The number of likely N-dealkylation sites (tertiary alicyclic amines) is 1. The lowest BCUT2D eigenvalue weighted by molar-refractivity contribution is -0.880. The number of carbonyl (C=O) groups is 4. The molecule has 2 atom stereocenters. The number of H-pyrrole nitrogens is 1. The van der Waals surface area contributed by atoms with E-state index < -0.39 is 57.2 Å². The molecule has 2 aromatic heterocycles.